The van der Waals surface area contributed by atoms with Crippen molar-refractivity contribution in [3.63, 3.8) is 0 Å². The van der Waals surface area contributed by atoms with Gasteiger partial charge >= 0.3 is 0 Å². The number of aliphatic hydroxyl groups excluding tert-OH is 1. The molecule has 0 radical (unpaired) electrons. The number of aliphatic hydroxyl groups is 1. The van der Waals surface area contributed by atoms with E-state index < -0.39 is 11.9 Å². The lowest BCUT2D eigenvalue weighted by Gasteiger charge is -2.26. The first-order chi connectivity index (χ1) is 10.6. The first-order valence-corrected chi connectivity index (χ1v) is 7.36. The number of halogens is 2. The Bertz CT molecular complexity index is 683. The number of rotatable bonds is 3. The van der Waals surface area contributed by atoms with E-state index in [9.17, 15) is 9.50 Å². The van der Waals surface area contributed by atoms with Gasteiger partial charge in [0, 0.05) is 12.7 Å². The fraction of sp³-hybridized carbons (Fsp3) is 0.312. The van der Waals surface area contributed by atoms with Gasteiger partial charge in [0.05, 0.1) is 24.3 Å². The van der Waals surface area contributed by atoms with E-state index in [4.69, 9.17) is 16.3 Å². The fourth-order valence-electron chi connectivity index (χ4n) is 2.83. The maximum absolute atomic E-state index is 14.2. The summed E-state index contributed by atoms with van der Waals surface area (Å²) in [5, 5.41) is 10.3. The Morgan fingerprint density at radius 2 is 2.23 bits per heavy atom. The third-order valence-electron chi connectivity index (χ3n) is 3.82. The normalized spacial score (nSPS) is 21.2. The van der Waals surface area contributed by atoms with Crippen LogP contribution in [0.5, 0.6) is 5.75 Å². The third kappa shape index (κ3) is 2.87. The molecule has 3 rings (SSSR count). The molecule has 0 saturated carbocycles. The van der Waals surface area contributed by atoms with Gasteiger partial charge in [0.25, 0.3) is 0 Å². The lowest BCUT2D eigenvalue weighted by atomic mass is 10.0. The van der Waals surface area contributed by atoms with E-state index in [2.05, 4.69) is 4.98 Å². The van der Waals surface area contributed by atoms with Crippen molar-refractivity contribution in [2.24, 2.45) is 0 Å². The summed E-state index contributed by atoms with van der Waals surface area (Å²) >= 11 is 5.76. The van der Waals surface area contributed by atoms with Gasteiger partial charge in [0.2, 0.25) is 0 Å². The van der Waals surface area contributed by atoms with Crippen LogP contribution in [0.1, 0.15) is 18.0 Å². The van der Waals surface area contributed by atoms with Crippen LogP contribution in [0.2, 0.25) is 5.02 Å². The van der Waals surface area contributed by atoms with Gasteiger partial charge in [-0.15, -0.1) is 0 Å². The van der Waals surface area contributed by atoms with E-state index in [1.165, 1.54) is 12.3 Å². The number of hydrogen-bond acceptors (Lipinski definition) is 4. The zero-order valence-electron chi connectivity index (χ0n) is 12.0. The van der Waals surface area contributed by atoms with E-state index in [-0.39, 0.29) is 16.9 Å². The summed E-state index contributed by atoms with van der Waals surface area (Å²) < 4.78 is 19.4. The molecular weight excluding hydrogens is 307 g/mol. The SMILES string of the molecule is COc1cccc(C2CC(O)CN2c2ncc(Cl)cc2F)c1. The van der Waals surface area contributed by atoms with Crippen molar-refractivity contribution in [2.45, 2.75) is 18.6 Å². The van der Waals surface area contributed by atoms with Crippen molar-refractivity contribution < 1.29 is 14.2 Å². The average Bonchev–Trinajstić information content (AvgIpc) is 2.89. The molecule has 1 aromatic heterocycles. The molecule has 4 nitrogen and oxygen atoms in total. The minimum absolute atomic E-state index is 0.159. The zero-order chi connectivity index (χ0) is 15.7. The first-order valence-electron chi connectivity index (χ1n) is 6.98. The fourth-order valence-corrected chi connectivity index (χ4v) is 2.98. The average molecular weight is 323 g/mol. The summed E-state index contributed by atoms with van der Waals surface area (Å²) in [6.45, 7) is 0.327. The van der Waals surface area contributed by atoms with E-state index in [0.29, 0.717) is 13.0 Å². The van der Waals surface area contributed by atoms with Crippen LogP contribution in [0, 0.1) is 5.82 Å². The van der Waals surface area contributed by atoms with Gasteiger partial charge in [0.1, 0.15) is 5.75 Å². The highest BCUT2D eigenvalue weighted by Crippen LogP contribution is 2.37. The van der Waals surface area contributed by atoms with Crippen molar-refractivity contribution in [1.29, 1.82) is 0 Å². The molecule has 0 aliphatic carbocycles. The molecular formula is C16H16ClFN2O2. The summed E-state index contributed by atoms with van der Waals surface area (Å²) in [4.78, 5) is 5.86. The number of β-amino-alcohol motifs (C(OH)–C–C–N with tert-alkyl or cyclic N) is 1. The predicted molar refractivity (Wildman–Crippen MR) is 82.9 cm³/mol. The molecule has 6 heteroatoms. The Kier molecular flexibility index (Phi) is 4.18. The lowest BCUT2D eigenvalue weighted by molar-refractivity contribution is 0.194. The summed E-state index contributed by atoms with van der Waals surface area (Å²) in [5.74, 6) is 0.437. The molecule has 1 aromatic carbocycles. The molecule has 0 bridgehead atoms. The summed E-state index contributed by atoms with van der Waals surface area (Å²) in [5.41, 5.74) is 0.951. The number of aromatic nitrogens is 1. The molecule has 1 aliphatic heterocycles. The summed E-state index contributed by atoms with van der Waals surface area (Å²) in [6.07, 6.45) is 1.39. The molecule has 2 aromatic rings. The molecule has 2 atom stereocenters. The quantitative estimate of drug-likeness (QED) is 0.942. The zero-order valence-corrected chi connectivity index (χ0v) is 12.8. The van der Waals surface area contributed by atoms with Gasteiger partial charge in [-0.3, -0.25) is 0 Å². The molecule has 0 spiro atoms. The number of nitrogens with zero attached hydrogens (tertiary/aromatic N) is 2. The molecule has 0 amide bonds. The number of methoxy groups -OCH3 is 1. The highest BCUT2D eigenvalue weighted by atomic mass is 35.5. The number of benzene rings is 1. The van der Waals surface area contributed by atoms with Crippen molar-refractivity contribution in [1.82, 2.24) is 4.98 Å². The van der Waals surface area contributed by atoms with Gasteiger partial charge < -0.3 is 14.7 Å². The Morgan fingerprint density at radius 1 is 1.41 bits per heavy atom. The molecule has 2 heterocycles. The minimum atomic E-state index is -0.534. The van der Waals surface area contributed by atoms with Crippen LogP contribution in [-0.2, 0) is 0 Å². The number of hydrogen-bond donors (Lipinski definition) is 1. The second kappa shape index (κ2) is 6.10. The van der Waals surface area contributed by atoms with Crippen LogP contribution in [0.15, 0.2) is 36.5 Å². The maximum Gasteiger partial charge on any atom is 0.167 e. The van der Waals surface area contributed by atoms with Crippen LogP contribution in [0.4, 0.5) is 10.2 Å². The second-order valence-electron chi connectivity index (χ2n) is 5.29. The molecule has 1 fully saturated rings. The molecule has 1 N–H and O–H groups in total. The van der Waals surface area contributed by atoms with Crippen LogP contribution >= 0.6 is 11.6 Å². The molecule has 22 heavy (non-hydrogen) atoms. The lowest BCUT2D eigenvalue weighted by Crippen LogP contribution is -2.26. The third-order valence-corrected chi connectivity index (χ3v) is 4.02. The number of ether oxygens (including phenoxy) is 1. The largest absolute Gasteiger partial charge is 0.497 e. The van der Waals surface area contributed by atoms with Crippen LogP contribution in [-0.4, -0.2) is 29.8 Å². The molecule has 1 aliphatic rings. The second-order valence-corrected chi connectivity index (χ2v) is 5.73. The van der Waals surface area contributed by atoms with Crippen LogP contribution in [0.3, 0.4) is 0 Å². The first kappa shape index (κ1) is 15.1. The molecule has 2 unspecified atom stereocenters. The molecule has 116 valence electrons. The van der Waals surface area contributed by atoms with Crippen molar-refractivity contribution >= 4 is 17.4 Å². The van der Waals surface area contributed by atoms with Crippen LogP contribution in [0.25, 0.3) is 0 Å². The Balaban J connectivity index is 1.98. The Hall–Kier alpha value is -1.85. The predicted octanol–water partition coefficient (Wildman–Crippen LogP) is 3.20. The van der Waals surface area contributed by atoms with Gasteiger partial charge in [-0.05, 0) is 30.2 Å². The van der Waals surface area contributed by atoms with Gasteiger partial charge in [-0.2, -0.15) is 0 Å². The standard InChI is InChI=1S/C16H16ClFN2O2/c1-22-13-4-2-3-10(5-13)15-7-12(21)9-20(15)16-14(18)6-11(17)8-19-16/h2-6,8,12,15,21H,7,9H2,1H3. The van der Waals surface area contributed by atoms with E-state index in [1.54, 1.807) is 12.0 Å². The maximum atomic E-state index is 14.2. The summed E-state index contributed by atoms with van der Waals surface area (Å²) in [6, 6.07) is 8.63. The molecule has 1 saturated heterocycles. The smallest absolute Gasteiger partial charge is 0.167 e. The number of anilines is 1. The van der Waals surface area contributed by atoms with E-state index in [1.807, 2.05) is 24.3 Å². The topological polar surface area (TPSA) is 45.6 Å². The summed E-state index contributed by atoms with van der Waals surface area (Å²) in [7, 11) is 1.60. The number of pyridine rings is 1. The van der Waals surface area contributed by atoms with Crippen LogP contribution < -0.4 is 9.64 Å². The van der Waals surface area contributed by atoms with E-state index in [0.717, 1.165) is 11.3 Å². The van der Waals surface area contributed by atoms with Crippen molar-refractivity contribution in [3.05, 3.63) is 52.9 Å². The highest BCUT2D eigenvalue weighted by molar-refractivity contribution is 6.30. The Morgan fingerprint density at radius 3 is 2.95 bits per heavy atom. The van der Waals surface area contributed by atoms with Gasteiger partial charge in [-0.25, -0.2) is 9.37 Å². The minimum Gasteiger partial charge on any atom is -0.497 e. The monoisotopic (exact) mass is 322 g/mol. The van der Waals surface area contributed by atoms with Gasteiger partial charge in [0.15, 0.2) is 11.6 Å². The highest BCUT2D eigenvalue weighted by Gasteiger charge is 2.34. The van der Waals surface area contributed by atoms with Gasteiger partial charge in [-0.1, -0.05) is 23.7 Å². The Labute approximate surface area is 133 Å². The van der Waals surface area contributed by atoms with E-state index >= 15 is 0 Å². The van der Waals surface area contributed by atoms with Crippen molar-refractivity contribution in [3.8, 4) is 5.75 Å². The van der Waals surface area contributed by atoms with Crippen molar-refractivity contribution in [2.75, 3.05) is 18.6 Å².